The predicted octanol–water partition coefficient (Wildman–Crippen LogP) is 2.99. The molecule has 24 heavy (non-hydrogen) atoms. The third kappa shape index (κ3) is 4.37. The molecule has 2 rings (SSSR count). The summed E-state index contributed by atoms with van der Waals surface area (Å²) in [5, 5.41) is 12.4. The van der Waals surface area contributed by atoms with Crippen LogP contribution >= 0.6 is 11.6 Å². The van der Waals surface area contributed by atoms with Gasteiger partial charge in [0.2, 0.25) is 0 Å². The number of hydrogen-bond acceptors (Lipinski definition) is 4. The molecule has 0 saturated carbocycles. The standard InChI is InChI=1S/C17H18ClNO5/c1-10-8-24-14(7-15(20)21)16(10)17(22)19-13(9-23-2)11-3-5-12(18)6-4-11/h3-6,8,13H,7,9H2,1-2H3,(H,19,22)(H,20,21). The third-order valence-corrected chi connectivity index (χ3v) is 3.75. The molecule has 1 aromatic heterocycles. The van der Waals surface area contributed by atoms with E-state index < -0.39 is 17.9 Å². The smallest absolute Gasteiger partial charge is 0.311 e. The fourth-order valence-electron chi connectivity index (χ4n) is 2.38. The van der Waals surface area contributed by atoms with Crippen LogP contribution in [0.2, 0.25) is 5.02 Å². The number of hydrogen-bond donors (Lipinski definition) is 2. The maximum atomic E-state index is 12.6. The molecule has 0 fully saturated rings. The van der Waals surface area contributed by atoms with Crippen molar-refractivity contribution in [2.75, 3.05) is 13.7 Å². The third-order valence-electron chi connectivity index (χ3n) is 3.50. The first-order valence-corrected chi connectivity index (χ1v) is 7.64. The predicted molar refractivity (Wildman–Crippen MR) is 88.3 cm³/mol. The number of furan rings is 1. The second kappa shape index (κ2) is 7.99. The number of aliphatic carboxylic acids is 1. The van der Waals surface area contributed by atoms with Crippen molar-refractivity contribution >= 4 is 23.5 Å². The van der Waals surface area contributed by atoms with E-state index in [0.29, 0.717) is 10.6 Å². The van der Waals surface area contributed by atoms with Crippen LogP contribution in [-0.4, -0.2) is 30.7 Å². The molecule has 2 N–H and O–H groups in total. The molecule has 1 atom stereocenters. The lowest BCUT2D eigenvalue weighted by Gasteiger charge is -2.18. The Morgan fingerprint density at radius 2 is 2.00 bits per heavy atom. The van der Waals surface area contributed by atoms with Gasteiger partial charge in [0.15, 0.2) is 0 Å². The Labute approximate surface area is 144 Å². The number of benzene rings is 1. The van der Waals surface area contributed by atoms with Crippen molar-refractivity contribution in [1.29, 1.82) is 0 Å². The Morgan fingerprint density at radius 1 is 1.33 bits per heavy atom. The summed E-state index contributed by atoms with van der Waals surface area (Å²) in [4.78, 5) is 23.5. The minimum atomic E-state index is -1.07. The number of methoxy groups -OCH3 is 1. The fourth-order valence-corrected chi connectivity index (χ4v) is 2.51. The summed E-state index contributed by atoms with van der Waals surface area (Å²) in [6, 6.07) is 6.65. The fraction of sp³-hybridized carbons (Fsp3) is 0.294. The van der Waals surface area contributed by atoms with E-state index in [1.54, 1.807) is 31.2 Å². The molecule has 6 nitrogen and oxygen atoms in total. The molecule has 1 amide bonds. The van der Waals surface area contributed by atoms with Gasteiger partial charge < -0.3 is 19.6 Å². The van der Waals surface area contributed by atoms with Crippen molar-refractivity contribution < 1.29 is 23.8 Å². The van der Waals surface area contributed by atoms with Crippen molar-refractivity contribution in [1.82, 2.24) is 5.32 Å². The van der Waals surface area contributed by atoms with Crippen LogP contribution in [0.1, 0.15) is 33.3 Å². The zero-order chi connectivity index (χ0) is 17.7. The van der Waals surface area contributed by atoms with Crippen LogP contribution in [0, 0.1) is 6.92 Å². The van der Waals surface area contributed by atoms with Crippen molar-refractivity contribution in [3.05, 3.63) is 58.0 Å². The van der Waals surface area contributed by atoms with E-state index in [0.717, 1.165) is 5.56 Å². The minimum Gasteiger partial charge on any atom is -0.481 e. The number of amides is 1. The Hall–Kier alpha value is -2.31. The Balaban J connectivity index is 2.23. The molecule has 7 heteroatoms. The van der Waals surface area contributed by atoms with Crippen molar-refractivity contribution in [3.8, 4) is 0 Å². The van der Waals surface area contributed by atoms with Gasteiger partial charge in [-0.3, -0.25) is 9.59 Å². The average Bonchev–Trinajstić information content (AvgIpc) is 2.87. The highest BCUT2D eigenvalue weighted by atomic mass is 35.5. The van der Waals surface area contributed by atoms with Crippen LogP contribution in [0.3, 0.4) is 0 Å². The van der Waals surface area contributed by atoms with Crippen molar-refractivity contribution in [3.63, 3.8) is 0 Å². The highest BCUT2D eigenvalue weighted by Gasteiger charge is 2.23. The Morgan fingerprint density at radius 3 is 2.58 bits per heavy atom. The van der Waals surface area contributed by atoms with Gasteiger partial charge in [-0.1, -0.05) is 23.7 Å². The van der Waals surface area contributed by atoms with Crippen LogP contribution in [0.4, 0.5) is 0 Å². The molecule has 128 valence electrons. The molecule has 1 aromatic carbocycles. The largest absolute Gasteiger partial charge is 0.481 e. The van der Waals surface area contributed by atoms with Crippen LogP contribution in [0.15, 0.2) is 34.9 Å². The Bertz CT molecular complexity index is 723. The highest BCUT2D eigenvalue weighted by molar-refractivity contribution is 6.30. The number of carbonyl (C=O) groups excluding carboxylic acids is 1. The van der Waals surface area contributed by atoms with Crippen molar-refractivity contribution in [2.24, 2.45) is 0 Å². The monoisotopic (exact) mass is 351 g/mol. The maximum absolute atomic E-state index is 12.6. The first kappa shape index (κ1) is 18.0. The van der Waals surface area contributed by atoms with Crippen LogP contribution in [0.5, 0.6) is 0 Å². The van der Waals surface area contributed by atoms with Crippen molar-refractivity contribution in [2.45, 2.75) is 19.4 Å². The molecule has 1 heterocycles. The van der Waals surface area contributed by atoms with Gasteiger partial charge in [-0.25, -0.2) is 0 Å². The molecule has 0 bridgehead atoms. The number of carboxylic acids is 1. The molecule has 2 aromatic rings. The lowest BCUT2D eigenvalue weighted by atomic mass is 10.1. The molecule has 0 aliphatic rings. The molecule has 1 unspecified atom stereocenters. The SMILES string of the molecule is COCC(NC(=O)c1c(C)coc1CC(=O)O)c1ccc(Cl)cc1. The van der Waals surface area contributed by atoms with E-state index in [-0.39, 0.29) is 24.4 Å². The van der Waals surface area contributed by atoms with Gasteiger partial charge in [-0.2, -0.15) is 0 Å². The molecular weight excluding hydrogens is 334 g/mol. The second-order valence-electron chi connectivity index (χ2n) is 5.32. The zero-order valence-corrected chi connectivity index (χ0v) is 14.1. The summed E-state index contributed by atoms with van der Waals surface area (Å²) in [7, 11) is 1.54. The second-order valence-corrected chi connectivity index (χ2v) is 5.76. The lowest BCUT2D eigenvalue weighted by molar-refractivity contribution is -0.136. The summed E-state index contributed by atoms with van der Waals surface area (Å²) in [5.74, 6) is -1.34. The van der Waals surface area contributed by atoms with Gasteiger partial charge in [-0.15, -0.1) is 0 Å². The molecule has 0 aliphatic carbocycles. The molecule has 0 saturated heterocycles. The van der Waals surface area contributed by atoms with E-state index in [2.05, 4.69) is 5.32 Å². The number of aryl methyl sites for hydroxylation is 1. The normalized spacial score (nSPS) is 12.0. The number of rotatable bonds is 7. The van der Waals surface area contributed by atoms with Crippen LogP contribution < -0.4 is 5.32 Å². The molecule has 0 spiro atoms. The van der Waals surface area contributed by atoms with E-state index in [4.69, 9.17) is 25.9 Å². The quantitative estimate of drug-likeness (QED) is 0.800. The first-order valence-electron chi connectivity index (χ1n) is 7.26. The molecule has 0 aliphatic heterocycles. The van der Waals surface area contributed by atoms with Gasteiger partial charge in [-0.05, 0) is 24.6 Å². The molecular formula is C17H18ClNO5. The van der Waals surface area contributed by atoms with Gasteiger partial charge in [0.05, 0.1) is 24.5 Å². The summed E-state index contributed by atoms with van der Waals surface area (Å²) in [6.07, 6.45) is 1.02. The van der Waals surface area contributed by atoms with E-state index in [1.165, 1.54) is 13.4 Å². The van der Waals surface area contributed by atoms with E-state index >= 15 is 0 Å². The van der Waals surface area contributed by atoms with Gasteiger partial charge in [0.25, 0.3) is 5.91 Å². The summed E-state index contributed by atoms with van der Waals surface area (Å²) in [5.41, 5.74) is 1.65. The van der Waals surface area contributed by atoms with Crippen LogP contribution in [0.25, 0.3) is 0 Å². The van der Waals surface area contributed by atoms with Gasteiger partial charge in [0.1, 0.15) is 12.2 Å². The van der Waals surface area contributed by atoms with E-state index in [1.807, 2.05) is 0 Å². The zero-order valence-electron chi connectivity index (χ0n) is 13.3. The number of nitrogens with one attached hydrogen (secondary N) is 1. The number of ether oxygens (including phenoxy) is 1. The number of carbonyl (C=O) groups is 2. The summed E-state index contributed by atoms with van der Waals surface area (Å²) in [6.45, 7) is 1.95. The maximum Gasteiger partial charge on any atom is 0.311 e. The Kier molecular flexibility index (Phi) is 6.00. The summed E-state index contributed by atoms with van der Waals surface area (Å²) >= 11 is 5.88. The van der Waals surface area contributed by atoms with E-state index in [9.17, 15) is 9.59 Å². The average molecular weight is 352 g/mol. The molecule has 0 radical (unpaired) electrons. The number of carboxylic acid groups (broad SMARTS) is 1. The first-order chi connectivity index (χ1) is 11.4. The van der Waals surface area contributed by atoms with Gasteiger partial charge in [0, 0.05) is 17.7 Å². The lowest BCUT2D eigenvalue weighted by Crippen LogP contribution is -2.32. The van der Waals surface area contributed by atoms with Gasteiger partial charge >= 0.3 is 5.97 Å². The van der Waals surface area contributed by atoms with Crippen LogP contribution in [-0.2, 0) is 16.0 Å². The topological polar surface area (TPSA) is 88.8 Å². The highest BCUT2D eigenvalue weighted by Crippen LogP contribution is 2.21. The minimum absolute atomic E-state index is 0.129. The summed E-state index contributed by atoms with van der Waals surface area (Å²) < 4.78 is 10.4. The number of halogens is 1.